The van der Waals surface area contributed by atoms with Gasteiger partial charge in [-0.2, -0.15) is 4.98 Å². The van der Waals surface area contributed by atoms with Crippen molar-refractivity contribution < 1.29 is 9.52 Å². The molecule has 2 aromatic rings. The lowest BCUT2D eigenvalue weighted by Gasteiger charge is -2.29. The number of hydrogen-bond acceptors (Lipinski definition) is 4. The third-order valence-corrected chi connectivity index (χ3v) is 3.66. The summed E-state index contributed by atoms with van der Waals surface area (Å²) in [7, 11) is 0. The Labute approximate surface area is 106 Å². The van der Waals surface area contributed by atoms with Crippen molar-refractivity contribution in [1.29, 1.82) is 0 Å². The topological polar surface area (TPSA) is 49.5 Å². The number of aromatic hydroxyl groups is 1. The third kappa shape index (κ3) is 1.72. The van der Waals surface area contributed by atoms with Crippen molar-refractivity contribution in [3.05, 3.63) is 18.2 Å². The van der Waals surface area contributed by atoms with Gasteiger partial charge in [0.15, 0.2) is 5.58 Å². The molecule has 1 aliphatic rings. The largest absolute Gasteiger partial charge is 0.508 e. The number of phenols is 1. The molecule has 0 spiro atoms. The van der Waals surface area contributed by atoms with Crippen LogP contribution in [-0.4, -0.2) is 22.2 Å². The van der Waals surface area contributed by atoms with Crippen LogP contribution in [-0.2, 0) is 0 Å². The molecule has 1 unspecified atom stereocenters. The van der Waals surface area contributed by atoms with E-state index < -0.39 is 0 Å². The van der Waals surface area contributed by atoms with Gasteiger partial charge in [-0.05, 0) is 38.3 Å². The van der Waals surface area contributed by atoms with Crippen LogP contribution in [0.4, 0.5) is 6.01 Å². The zero-order chi connectivity index (χ0) is 12.9. The van der Waals surface area contributed by atoms with Crippen molar-refractivity contribution >= 4 is 17.1 Å². The van der Waals surface area contributed by atoms with E-state index in [2.05, 4.69) is 30.7 Å². The molecule has 0 bridgehead atoms. The molecule has 0 aliphatic carbocycles. The molecule has 1 aromatic carbocycles. The molecule has 1 N–H and O–H groups in total. The van der Waals surface area contributed by atoms with Crippen molar-refractivity contribution in [3.63, 3.8) is 0 Å². The fourth-order valence-electron chi connectivity index (χ4n) is 2.94. The highest BCUT2D eigenvalue weighted by Crippen LogP contribution is 2.37. The van der Waals surface area contributed by atoms with Crippen molar-refractivity contribution in [2.45, 2.75) is 32.7 Å². The Hall–Kier alpha value is -1.71. The van der Waals surface area contributed by atoms with Crippen LogP contribution < -0.4 is 4.90 Å². The molecule has 0 saturated carbocycles. The second kappa shape index (κ2) is 3.64. The Morgan fingerprint density at radius 3 is 2.89 bits per heavy atom. The highest BCUT2D eigenvalue weighted by atomic mass is 16.4. The summed E-state index contributed by atoms with van der Waals surface area (Å²) < 4.78 is 5.77. The van der Waals surface area contributed by atoms with Crippen LogP contribution in [0.15, 0.2) is 22.6 Å². The Bertz CT molecular complexity index is 588. The Morgan fingerprint density at radius 2 is 2.22 bits per heavy atom. The van der Waals surface area contributed by atoms with Gasteiger partial charge in [-0.1, -0.05) is 6.92 Å². The van der Waals surface area contributed by atoms with E-state index in [0.29, 0.717) is 17.5 Å². The summed E-state index contributed by atoms with van der Waals surface area (Å²) in [4.78, 5) is 6.73. The predicted octanol–water partition coefficient (Wildman–Crippen LogP) is 3.16. The van der Waals surface area contributed by atoms with Gasteiger partial charge in [0.05, 0.1) is 0 Å². The molecule has 4 heteroatoms. The van der Waals surface area contributed by atoms with Crippen LogP contribution in [0.1, 0.15) is 27.2 Å². The van der Waals surface area contributed by atoms with E-state index >= 15 is 0 Å². The molecule has 96 valence electrons. The highest BCUT2D eigenvalue weighted by Gasteiger charge is 2.38. The summed E-state index contributed by atoms with van der Waals surface area (Å²) >= 11 is 0. The third-order valence-electron chi connectivity index (χ3n) is 3.66. The molecule has 1 atom stereocenters. The minimum Gasteiger partial charge on any atom is -0.508 e. The van der Waals surface area contributed by atoms with E-state index in [1.165, 1.54) is 0 Å². The average Bonchev–Trinajstić information content (AvgIpc) is 2.77. The second-order valence-electron chi connectivity index (χ2n) is 5.88. The lowest BCUT2D eigenvalue weighted by Crippen LogP contribution is -2.38. The SMILES string of the molecule is CC1CN(c2nc3ccc(O)cc3o2)C(C)(C)C1. The van der Waals surface area contributed by atoms with Crippen molar-refractivity contribution in [2.24, 2.45) is 5.92 Å². The zero-order valence-corrected chi connectivity index (χ0v) is 11.0. The molecule has 4 nitrogen and oxygen atoms in total. The van der Waals surface area contributed by atoms with Crippen LogP contribution in [0.25, 0.3) is 11.1 Å². The van der Waals surface area contributed by atoms with E-state index in [4.69, 9.17) is 4.42 Å². The van der Waals surface area contributed by atoms with E-state index in [1.54, 1.807) is 18.2 Å². The van der Waals surface area contributed by atoms with Crippen LogP contribution in [0.5, 0.6) is 5.75 Å². The lowest BCUT2D eigenvalue weighted by atomic mass is 9.98. The number of phenolic OH excluding ortho intramolecular Hbond substituents is 1. The molecule has 1 aromatic heterocycles. The summed E-state index contributed by atoms with van der Waals surface area (Å²) in [5.41, 5.74) is 1.50. The number of rotatable bonds is 1. The molecular weight excluding hydrogens is 228 g/mol. The lowest BCUT2D eigenvalue weighted by molar-refractivity contribution is 0.457. The molecule has 3 rings (SSSR count). The number of nitrogens with zero attached hydrogens (tertiary/aromatic N) is 2. The van der Waals surface area contributed by atoms with Crippen molar-refractivity contribution in [1.82, 2.24) is 4.98 Å². The summed E-state index contributed by atoms with van der Waals surface area (Å²) in [5.74, 6) is 0.850. The van der Waals surface area contributed by atoms with Crippen LogP contribution in [0, 0.1) is 5.92 Å². The Morgan fingerprint density at radius 1 is 1.44 bits per heavy atom. The van der Waals surface area contributed by atoms with E-state index in [-0.39, 0.29) is 11.3 Å². The number of benzene rings is 1. The monoisotopic (exact) mass is 246 g/mol. The maximum atomic E-state index is 9.45. The van der Waals surface area contributed by atoms with Gasteiger partial charge in [-0.15, -0.1) is 0 Å². The van der Waals surface area contributed by atoms with Gasteiger partial charge in [0, 0.05) is 18.2 Å². The van der Waals surface area contributed by atoms with Gasteiger partial charge < -0.3 is 14.4 Å². The van der Waals surface area contributed by atoms with Gasteiger partial charge in [-0.25, -0.2) is 0 Å². The minimum absolute atomic E-state index is 0.0718. The van der Waals surface area contributed by atoms with E-state index in [0.717, 1.165) is 18.5 Å². The van der Waals surface area contributed by atoms with Gasteiger partial charge >= 0.3 is 0 Å². The first-order valence-corrected chi connectivity index (χ1v) is 6.33. The average molecular weight is 246 g/mol. The number of fused-ring (bicyclic) bond motifs is 1. The molecule has 1 fully saturated rings. The first kappa shape index (κ1) is 11.4. The molecule has 1 saturated heterocycles. The smallest absolute Gasteiger partial charge is 0.298 e. The van der Waals surface area contributed by atoms with Crippen LogP contribution in [0.2, 0.25) is 0 Å². The van der Waals surface area contributed by atoms with Gasteiger partial charge in [0.2, 0.25) is 0 Å². The predicted molar refractivity (Wildman–Crippen MR) is 70.9 cm³/mol. The fourth-order valence-corrected chi connectivity index (χ4v) is 2.94. The van der Waals surface area contributed by atoms with Gasteiger partial charge in [0.1, 0.15) is 11.3 Å². The van der Waals surface area contributed by atoms with Crippen LogP contribution in [0.3, 0.4) is 0 Å². The zero-order valence-electron chi connectivity index (χ0n) is 11.0. The van der Waals surface area contributed by atoms with Gasteiger partial charge in [-0.3, -0.25) is 0 Å². The van der Waals surface area contributed by atoms with E-state index in [9.17, 15) is 5.11 Å². The maximum Gasteiger partial charge on any atom is 0.298 e. The molecular formula is C14H18N2O2. The first-order valence-electron chi connectivity index (χ1n) is 6.33. The Balaban J connectivity index is 2.04. The molecule has 0 radical (unpaired) electrons. The summed E-state index contributed by atoms with van der Waals surface area (Å²) in [6, 6.07) is 5.68. The van der Waals surface area contributed by atoms with Crippen molar-refractivity contribution in [3.8, 4) is 5.75 Å². The first-order chi connectivity index (χ1) is 8.45. The number of aromatic nitrogens is 1. The summed E-state index contributed by atoms with van der Waals surface area (Å²) in [5, 5.41) is 9.45. The van der Waals surface area contributed by atoms with E-state index in [1.807, 2.05) is 0 Å². The molecule has 0 amide bonds. The molecule has 2 heterocycles. The standard InChI is InChI=1S/C14H18N2O2/c1-9-7-14(2,3)16(8-9)13-15-11-5-4-10(17)6-12(11)18-13/h4-6,9,17H,7-8H2,1-3H3. The summed E-state index contributed by atoms with van der Waals surface area (Å²) in [6.07, 6.45) is 1.14. The number of oxazole rings is 1. The van der Waals surface area contributed by atoms with Crippen LogP contribution >= 0.6 is 0 Å². The maximum absolute atomic E-state index is 9.45. The second-order valence-corrected chi connectivity index (χ2v) is 5.88. The molecule has 18 heavy (non-hydrogen) atoms. The minimum atomic E-state index is 0.0718. The van der Waals surface area contributed by atoms with Gasteiger partial charge in [0.25, 0.3) is 6.01 Å². The highest BCUT2D eigenvalue weighted by molar-refractivity contribution is 5.76. The quantitative estimate of drug-likeness (QED) is 0.839. The summed E-state index contributed by atoms with van der Waals surface area (Å²) in [6.45, 7) is 7.63. The number of hydrogen-bond donors (Lipinski definition) is 1. The number of anilines is 1. The van der Waals surface area contributed by atoms with Crippen molar-refractivity contribution in [2.75, 3.05) is 11.4 Å². The normalized spacial score (nSPS) is 22.8. The Kier molecular flexibility index (Phi) is 2.30. The fraction of sp³-hybridized carbons (Fsp3) is 0.500. The molecule has 1 aliphatic heterocycles.